The van der Waals surface area contributed by atoms with Gasteiger partial charge in [0.1, 0.15) is 17.3 Å². The van der Waals surface area contributed by atoms with E-state index in [0.717, 1.165) is 49.7 Å². The number of methoxy groups -OCH3 is 2. The molecule has 1 aromatic heterocycles. The van der Waals surface area contributed by atoms with E-state index in [1.807, 2.05) is 24.3 Å². The summed E-state index contributed by atoms with van der Waals surface area (Å²) in [5, 5.41) is 6.26. The molecule has 0 radical (unpaired) electrons. The molecule has 3 aromatic rings. The van der Waals surface area contributed by atoms with E-state index in [9.17, 15) is 9.59 Å². The van der Waals surface area contributed by atoms with Crippen molar-refractivity contribution in [3.8, 4) is 11.5 Å². The summed E-state index contributed by atoms with van der Waals surface area (Å²) < 4.78 is 10.8. The number of urea groups is 1. The number of amides is 3. The molecule has 0 atom stereocenters. The first-order valence-corrected chi connectivity index (χ1v) is 13.9. The summed E-state index contributed by atoms with van der Waals surface area (Å²) in [5.74, 6) is 1.43. The third-order valence-electron chi connectivity index (χ3n) is 7.71. The van der Waals surface area contributed by atoms with Crippen LogP contribution in [-0.4, -0.2) is 75.8 Å². The van der Waals surface area contributed by atoms with Crippen LogP contribution in [0.3, 0.4) is 0 Å². The Bertz CT molecular complexity index is 1460. The molecular formula is C31H37N7O4. The molecule has 3 heterocycles. The lowest BCUT2D eigenvalue weighted by molar-refractivity contribution is -0.111. The number of carbonyl (C=O) groups is 2. The first-order chi connectivity index (χ1) is 20.3. The number of pyridine rings is 1. The molecule has 0 unspecified atom stereocenters. The predicted octanol–water partition coefficient (Wildman–Crippen LogP) is 4.69. The van der Waals surface area contributed by atoms with Crippen molar-refractivity contribution in [2.45, 2.75) is 13.5 Å². The Morgan fingerprint density at radius 3 is 2.36 bits per heavy atom. The lowest BCUT2D eigenvalue weighted by atomic mass is 10.1. The monoisotopic (exact) mass is 571 g/mol. The van der Waals surface area contributed by atoms with Gasteiger partial charge in [0.15, 0.2) is 0 Å². The molecule has 2 aromatic carbocycles. The summed E-state index contributed by atoms with van der Waals surface area (Å²) in [5.41, 5.74) is 4.63. The number of carbonyl (C=O) groups excluding carboxylic acids is 2. The molecule has 2 aliphatic heterocycles. The second-order valence-electron chi connectivity index (χ2n) is 10.2. The average Bonchev–Trinajstić information content (AvgIpc) is 3.03. The Labute approximate surface area is 246 Å². The molecule has 0 bridgehead atoms. The van der Waals surface area contributed by atoms with E-state index in [4.69, 9.17) is 9.47 Å². The van der Waals surface area contributed by atoms with Crippen molar-refractivity contribution in [1.29, 1.82) is 0 Å². The van der Waals surface area contributed by atoms with Gasteiger partial charge < -0.3 is 29.9 Å². The normalized spacial score (nSPS) is 15.2. The van der Waals surface area contributed by atoms with Gasteiger partial charge in [-0.1, -0.05) is 13.5 Å². The minimum absolute atomic E-state index is 0.193. The minimum Gasteiger partial charge on any atom is -0.497 e. The van der Waals surface area contributed by atoms with Crippen LogP contribution < -0.4 is 34.8 Å². The molecule has 11 heteroatoms. The van der Waals surface area contributed by atoms with E-state index in [1.54, 1.807) is 55.5 Å². The number of hydrogen-bond acceptors (Lipinski definition) is 8. The summed E-state index contributed by atoms with van der Waals surface area (Å²) in [6.07, 6.45) is 3.01. The zero-order valence-corrected chi connectivity index (χ0v) is 24.5. The van der Waals surface area contributed by atoms with Crippen LogP contribution in [0, 0.1) is 0 Å². The van der Waals surface area contributed by atoms with Gasteiger partial charge in [-0.15, -0.1) is 0 Å². The lowest BCUT2D eigenvalue weighted by Gasteiger charge is -2.36. The maximum atomic E-state index is 13.5. The highest BCUT2D eigenvalue weighted by Gasteiger charge is 2.30. The van der Waals surface area contributed by atoms with Crippen molar-refractivity contribution < 1.29 is 19.1 Å². The maximum absolute atomic E-state index is 13.5. The molecule has 1 fully saturated rings. The van der Waals surface area contributed by atoms with E-state index in [1.165, 1.54) is 6.08 Å². The first-order valence-electron chi connectivity index (χ1n) is 13.9. The van der Waals surface area contributed by atoms with Crippen LogP contribution in [0.4, 0.5) is 39.0 Å². The van der Waals surface area contributed by atoms with Crippen LogP contribution in [0.1, 0.15) is 12.5 Å². The summed E-state index contributed by atoms with van der Waals surface area (Å²) in [7, 11) is 4.88. The number of nitrogens with zero attached hydrogens (tertiary/aromatic N) is 5. The molecule has 220 valence electrons. The third-order valence-corrected chi connectivity index (χ3v) is 7.71. The lowest BCUT2D eigenvalue weighted by Crippen LogP contribution is -2.46. The summed E-state index contributed by atoms with van der Waals surface area (Å²) in [6, 6.07) is 13.0. The molecule has 42 heavy (non-hydrogen) atoms. The number of aromatic nitrogens is 1. The Hall–Kier alpha value is -4.77. The quantitative estimate of drug-likeness (QED) is 0.357. The Kier molecular flexibility index (Phi) is 8.48. The molecule has 2 N–H and O–H groups in total. The van der Waals surface area contributed by atoms with Gasteiger partial charge in [-0.2, -0.15) is 0 Å². The van der Waals surface area contributed by atoms with Crippen LogP contribution in [-0.2, 0) is 11.3 Å². The van der Waals surface area contributed by atoms with Gasteiger partial charge in [0.25, 0.3) is 0 Å². The molecule has 0 saturated carbocycles. The number of hydrogen-bond donors (Lipinski definition) is 2. The first kappa shape index (κ1) is 28.7. The number of rotatable bonds is 9. The van der Waals surface area contributed by atoms with Crippen molar-refractivity contribution in [3.63, 3.8) is 0 Å². The van der Waals surface area contributed by atoms with E-state index in [-0.39, 0.29) is 11.9 Å². The van der Waals surface area contributed by atoms with Crippen molar-refractivity contribution in [2.75, 3.05) is 79.3 Å². The van der Waals surface area contributed by atoms with Gasteiger partial charge in [-0.05, 0) is 30.8 Å². The number of piperazine rings is 1. The van der Waals surface area contributed by atoms with Crippen molar-refractivity contribution in [1.82, 2.24) is 9.88 Å². The van der Waals surface area contributed by atoms with Crippen molar-refractivity contribution >= 4 is 46.2 Å². The summed E-state index contributed by atoms with van der Waals surface area (Å²) in [4.78, 5) is 38.4. The molecule has 0 aliphatic carbocycles. The Morgan fingerprint density at radius 2 is 1.71 bits per heavy atom. The molecule has 11 nitrogen and oxygen atoms in total. The molecule has 1 saturated heterocycles. The zero-order chi connectivity index (χ0) is 29.8. The van der Waals surface area contributed by atoms with Crippen molar-refractivity contribution in [2.24, 2.45) is 0 Å². The zero-order valence-electron chi connectivity index (χ0n) is 24.5. The highest BCUT2D eigenvalue weighted by Crippen LogP contribution is 2.37. The molecule has 0 spiro atoms. The number of ether oxygens (including phenoxy) is 2. The van der Waals surface area contributed by atoms with Gasteiger partial charge in [-0.25, -0.2) is 9.78 Å². The molecular weight excluding hydrogens is 534 g/mol. The minimum atomic E-state index is -0.302. The fourth-order valence-electron chi connectivity index (χ4n) is 5.23. The van der Waals surface area contributed by atoms with Crippen LogP contribution in [0.15, 0.2) is 61.3 Å². The van der Waals surface area contributed by atoms with Crippen LogP contribution in [0.5, 0.6) is 11.5 Å². The highest BCUT2D eigenvalue weighted by atomic mass is 16.5. The van der Waals surface area contributed by atoms with E-state index >= 15 is 0 Å². The van der Waals surface area contributed by atoms with E-state index in [0.29, 0.717) is 40.9 Å². The van der Waals surface area contributed by atoms with Gasteiger partial charge in [0.05, 0.1) is 43.5 Å². The number of nitrogens with one attached hydrogen (secondary N) is 2. The van der Waals surface area contributed by atoms with Crippen LogP contribution in [0.25, 0.3) is 0 Å². The third kappa shape index (κ3) is 5.96. The van der Waals surface area contributed by atoms with Gasteiger partial charge in [0, 0.05) is 74.9 Å². The summed E-state index contributed by atoms with van der Waals surface area (Å²) >= 11 is 0. The van der Waals surface area contributed by atoms with Crippen LogP contribution >= 0.6 is 0 Å². The van der Waals surface area contributed by atoms with Crippen molar-refractivity contribution in [3.05, 3.63) is 66.9 Å². The summed E-state index contributed by atoms with van der Waals surface area (Å²) in [6.45, 7) is 11.0. The van der Waals surface area contributed by atoms with Gasteiger partial charge >= 0.3 is 6.03 Å². The fourth-order valence-corrected chi connectivity index (χ4v) is 5.23. The smallest absolute Gasteiger partial charge is 0.329 e. The SMILES string of the molecule is C=CC(=O)Nc1cc(N2CCN(CC)CC2)ccc1Nc1cc2c(cn1)CN(c1cc(OC)cc(OC)c1)C(=O)N2C. The highest BCUT2D eigenvalue weighted by molar-refractivity contribution is 6.06. The maximum Gasteiger partial charge on any atom is 0.329 e. The largest absolute Gasteiger partial charge is 0.497 e. The number of anilines is 6. The molecule has 3 amide bonds. The Balaban J connectivity index is 1.40. The fraction of sp³-hybridized carbons (Fsp3) is 0.323. The van der Waals surface area contributed by atoms with E-state index in [2.05, 4.69) is 38.9 Å². The van der Waals surface area contributed by atoms with Gasteiger partial charge in [-0.3, -0.25) is 14.6 Å². The van der Waals surface area contributed by atoms with Crippen LogP contribution in [0.2, 0.25) is 0 Å². The number of likely N-dealkylation sites (N-methyl/N-ethyl adjacent to an activating group) is 1. The number of benzene rings is 2. The van der Waals surface area contributed by atoms with Gasteiger partial charge in [0.2, 0.25) is 5.91 Å². The Morgan fingerprint density at radius 1 is 1.00 bits per heavy atom. The van der Waals surface area contributed by atoms with E-state index < -0.39 is 0 Å². The molecule has 2 aliphatic rings. The standard InChI is InChI=1S/C31H37N7O4/c1-6-30(39)34-27-16-22(37-12-10-36(7-2)11-13-37)8-9-26(27)33-29-18-28-21(19-32-29)20-38(31(40)35(28)3)23-14-24(41-4)17-25(15-23)42-5/h6,8-9,14-19H,1,7,10-13,20H2,2-5H3,(H,32,33)(H,34,39). The second kappa shape index (κ2) is 12.4. The average molecular weight is 572 g/mol. The second-order valence-corrected chi connectivity index (χ2v) is 10.2. The molecule has 5 rings (SSSR count). The topological polar surface area (TPSA) is 103 Å². The number of fused-ring (bicyclic) bond motifs is 1. The predicted molar refractivity (Wildman–Crippen MR) is 167 cm³/mol.